The molecule has 0 atom stereocenters. The first-order valence-corrected chi connectivity index (χ1v) is 21.0. The van der Waals surface area contributed by atoms with E-state index in [-0.39, 0.29) is 0 Å². The summed E-state index contributed by atoms with van der Waals surface area (Å²) in [4.78, 5) is 5.01. The van der Waals surface area contributed by atoms with Crippen molar-refractivity contribution in [1.82, 2.24) is 0 Å². The van der Waals surface area contributed by atoms with Gasteiger partial charge in [-0.05, 0) is 144 Å². The van der Waals surface area contributed by atoms with Gasteiger partial charge in [0.15, 0.2) is 0 Å². The smallest absolute Gasteiger partial charge is 0.0540 e. The monoisotopic (exact) mass is 772 g/mol. The molecular formula is C58H48N2. The van der Waals surface area contributed by atoms with Crippen molar-refractivity contribution >= 4 is 66.4 Å². The van der Waals surface area contributed by atoms with Gasteiger partial charge < -0.3 is 9.80 Å². The molecule has 10 aromatic rings. The van der Waals surface area contributed by atoms with Crippen molar-refractivity contribution in [3.05, 3.63) is 215 Å². The highest BCUT2D eigenvalue weighted by molar-refractivity contribution is 6.28. The van der Waals surface area contributed by atoms with Crippen LogP contribution >= 0.6 is 0 Å². The molecule has 0 heterocycles. The van der Waals surface area contributed by atoms with Crippen LogP contribution in [0.25, 0.3) is 54.6 Å². The fraction of sp³-hybridized carbons (Fsp3) is 0.103. The van der Waals surface area contributed by atoms with Crippen LogP contribution in [0.1, 0.15) is 33.4 Å². The Balaban J connectivity index is 1.24. The second-order valence-electron chi connectivity index (χ2n) is 16.6. The summed E-state index contributed by atoms with van der Waals surface area (Å²) in [5.74, 6) is 0. The molecular weight excluding hydrogens is 725 g/mol. The summed E-state index contributed by atoms with van der Waals surface area (Å²) < 4.78 is 0. The molecule has 0 saturated carbocycles. The number of hydrogen-bond donors (Lipinski definition) is 0. The van der Waals surface area contributed by atoms with Crippen LogP contribution in [0.5, 0.6) is 0 Å². The number of aryl methyl sites for hydroxylation is 6. The summed E-state index contributed by atoms with van der Waals surface area (Å²) in [6.45, 7) is 13.4. The van der Waals surface area contributed by atoms with Crippen LogP contribution in [0.3, 0.4) is 0 Å². The molecule has 0 aliphatic heterocycles. The second kappa shape index (κ2) is 14.9. The Labute approximate surface area is 354 Å². The van der Waals surface area contributed by atoms with Crippen LogP contribution in [-0.4, -0.2) is 0 Å². The first-order valence-electron chi connectivity index (χ1n) is 21.0. The quantitative estimate of drug-likeness (QED) is 0.142. The van der Waals surface area contributed by atoms with E-state index in [9.17, 15) is 0 Å². The van der Waals surface area contributed by atoms with Gasteiger partial charge in [-0.25, -0.2) is 0 Å². The molecule has 10 aromatic carbocycles. The molecule has 10 rings (SSSR count). The van der Waals surface area contributed by atoms with Crippen molar-refractivity contribution in [3.8, 4) is 22.3 Å². The largest absolute Gasteiger partial charge is 0.309 e. The van der Waals surface area contributed by atoms with E-state index in [1.807, 2.05) is 0 Å². The minimum atomic E-state index is 1.14. The number of rotatable bonds is 8. The first-order chi connectivity index (χ1) is 29.2. The molecule has 0 amide bonds. The van der Waals surface area contributed by atoms with E-state index in [1.54, 1.807) is 0 Å². The van der Waals surface area contributed by atoms with Gasteiger partial charge >= 0.3 is 0 Å². The highest BCUT2D eigenvalue weighted by atomic mass is 15.2. The number of hydrogen-bond acceptors (Lipinski definition) is 2. The Morgan fingerprint density at radius 3 is 1.03 bits per heavy atom. The molecule has 60 heavy (non-hydrogen) atoms. The summed E-state index contributed by atoms with van der Waals surface area (Å²) in [6.07, 6.45) is 0. The Kier molecular flexibility index (Phi) is 9.22. The lowest BCUT2D eigenvalue weighted by atomic mass is 9.91. The zero-order valence-electron chi connectivity index (χ0n) is 35.2. The lowest BCUT2D eigenvalue weighted by molar-refractivity contribution is 1.21. The van der Waals surface area contributed by atoms with Crippen molar-refractivity contribution in [1.29, 1.82) is 0 Å². The SMILES string of the molecule is Cc1cc(C)c(N(c2cccc(-c3ccccc3)c2)c2ccc3ccc4c(N(c5cccc(-c6ccccc6)c5)c5c(C)cc(C)cc5C)ccc5ccc2c3c54)c(C)c1. The Bertz CT molecular complexity index is 2950. The van der Waals surface area contributed by atoms with Crippen LogP contribution < -0.4 is 9.80 Å². The van der Waals surface area contributed by atoms with Crippen LogP contribution in [0.15, 0.2) is 182 Å². The standard InChI is InChI=1S/C58H48N2/c1-37-31-39(3)57(40(4)32-37)59(49-21-13-19-47(35-49)43-15-9-7-10-16-43)53-29-25-45-24-28-52-54(30-26-46-23-27-51(53)55(45)56(46)52)60(58-41(5)33-38(2)34-42(58)6)50-22-14-20-48(36-50)44-17-11-8-12-18-44/h7-36H,1-6H3. The predicted octanol–water partition coefficient (Wildman–Crippen LogP) is 16.7. The van der Waals surface area contributed by atoms with Crippen molar-refractivity contribution < 1.29 is 0 Å². The summed E-state index contributed by atoms with van der Waals surface area (Å²) in [7, 11) is 0. The highest BCUT2D eigenvalue weighted by Gasteiger charge is 2.25. The Hall–Kier alpha value is -7.16. The van der Waals surface area contributed by atoms with Gasteiger partial charge in [0.25, 0.3) is 0 Å². The fourth-order valence-corrected chi connectivity index (χ4v) is 9.90. The van der Waals surface area contributed by atoms with Gasteiger partial charge in [0, 0.05) is 22.1 Å². The third-order valence-corrected chi connectivity index (χ3v) is 12.2. The van der Waals surface area contributed by atoms with Crippen molar-refractivity contribution in [2.45, 2.75) is 41.5 Å². The molecule has 2 nitrogen and oxygen atoms in total. The summed E-state index contributed by atoms with van der Waals surface area (Å²) in [5.41, 5.74) is 19.4. The van der Waals surface area contributed by atoms with Gasteiger partial charge in [-0.2, -0.15) is 0 Å². The fourth-order valence-electron chi connectivity index (χ4n) is 9.90. The van der Waals surface area contributed by atoms with E-state index >= 15 is 0 Å². The average Bonchev–Trinajstić information content (AvgIpc) is 3.26. The van der Waals surface area contributed by atoms with Gasteiger partial charge in [0.05, 0.1) is 22.7 Å². The highest BCUT2D eigenvalue weighted by Crippen LogP contribution is 2.50. The van der Waals surface area contributed by atoms with Gasteiger partial charge in [-0.1, -0.05) is 157 Å². The topological polar surface area (TPSA) is 6.48 Å². The zero-order valence-corrected chi connectivity index (χ0v) is 35.2. The zero-order chi connectivity index (χ0) is 41.1. The van der Waals surface area contributed by atoms with Gasteiger partial charge in [-0.15, -0.1) is 0 Å². The van der Waals surface area contributed by atoms with Crippen LogP contribution in [-0.2, 0) is 0 Å². The Morgan fingerprint density at radius 1 is 0.300 bits per heavy atom. The normalized spacial score (nSPS) is 11.5. The number of benzene rings is 10. The molecule has 0 fully saturated rings. The molecule has 0 saturated heterocycles. The maximum Gasteiger partial charge on any atom is 0.0540 e. The van der Waals surface area contributed by atoms with E-state index in [0.717, 1.165) is 11.4 Å². The van der Waals surface area contributed by atoms with Gasteiger partial charge in [0.1, 0.15) is 0 Å². The maximum absolute atomic E-state index is 2.50. The molecule has 0 aromatic heterocycles. The third kappa shape index (κ3) is 6.37. The van der Waals surface area contributed by atoms with E-state index in [2.05, 4.69) is 233 Å². The van der Waals surface area contributed by atoms with E-state index in [0.29, 0.717) is 0 Å². The lowest BCUT2D eigenvalue weighted by Crippen LogP contribution is -2.14. The van der Waals surface area contributed by atoms with Crippen LogP contribution in [0, 0.1) is 41.5 Å². The molecule has 0 N–H and O–H groups in total. The molecule has 2 heteroatoms. The van der Waals surface area contributed by atoms with E-state index in [4.69, 9.17) is 0 Å². The molecule has 0 unspecified atom stereocenters. The summed E-state index contributed by atoms with van der Waals surface area (Å²) >= 11 is 0. The second-order valence-corrected chi connectivity index (χ2v) is 16.6. The van der Waals surface area contributed by atoms with Crippen molar-refractivity contribution in [2.75, 3.05) is 9.80 Å². The predicted molar refractivity (Wildman–Crippen MR) is 259 cm³/mol. The van der Waals surface area contributed by atoms with Crippen molar-refractivity contribution in [3.63, 3.8) is 0 Å². The minimum Gasteiger partial charge on any atom is -0.309 e. The van der Waals surface area contributed by atoms with E-state index < -0.39 is 0 Å². The summed E-state index contributed by atoms with van der Waals surface area (Å²) in [5, 5.41) is 7.50. The van der Waals surface area contributed by atoms with E-state index in [1.165, 1.54) is 111 Å². The summed E-state index contributed by atoms with van der Waals surface area (Å²) in [6, 6.07) is 67.4. The van der Waals surface area contributed by atoms with Crippen LogP contribution in [0.2, 0.25) is 0 Å². The first kappa shape index (κ1) is 37.1. The van der Waals surface area contributed by atoms with Crippen LogP contribution in [0.4, 0.5) is 34.1 Å². The molecule has 0 aliphatic carbocycles. The van der Waals surface area contributed by atoms with Gasteiger partial charge in [0.2, 0.25) is 0 Å². The lowest BCUT2D eigenvalue weighted by Gasteiger charge is -2.32. The number of anilines is 6. The molecule has 290 valence electrons. The average molecular weight is 773 g/mol. The third-order valence-electron chi connectivity index (χ3n) is 12.2. The van der Waals surface area contributed by atoms with Gasteiger partial charge in [-0.3, -0.25) is 0 Å². The Morgan fingerprint density at radius 2 is 0.650 bits per heavy atom. The van der Waals surface area contributed by atoms with Crippen molar-refractivity contribution in [2.24, 2.45) is 0 Å². The molecule has 0 aliphatic rings. The minimum absolute atomic E-state index is 1.14. The molecule has 0 radical (unpaired) electrons. The molecule has 0 spiro atoms. The molecule has 0 bridgehead atoms. The maximum atomic E-state index is 2.50. The number of nitrogens with zero attached hydrogens (tertiary/aromatic N) is 2.